The smallest absolute Gasteiger partial charge is 0.204 e. The molecular formula is C13H10N2O. The molecule has 3 nitrogen and oxygen atoms in total. The minimum Gasteiger partial charge on any atom is -0.288 e. The second kappa shape index (κ2) is 4.98. The Hall–Kier alpha value is -2.29. The monoisotopic (exact) mass is 210 g/mol. The van der Waals surface area contributed by atoms with E-state index < -0.39 is 0 Å². The normalized spacial score (nSPS) is 10.5. The van der Waals surface area contributed by atoms with Crippen LogP contribution in [0, 0.1) is 0 Å². The number of hydrogen-bond acceptors (Lipinski definition) is 3. The van der Waals surface area contributed by atoms with E-state index in [2.05, 4.69) is 9.97 Å². The zero-order valence-corrected chi connectivity index (χ0v) is 8.58. The number of nitrogens with zero attached hydrogens (tertiary/aromatic N) is 2. The number of carbonyl (C=O) groups is 1. The lowest BCUT2D eigenvalue weighted by molar-refractivity contribution is 0.104. The van der Waals surface area contributed by atoms with E-state index in [-0.39, 0.29) is 5.78 Å². The molecule has 0 aromatic carbocycles. The first-order chi connectivity index (χ1) is 7.86. The van der Waals surface area contributed by atoms with Gasteiger partial charge in [-0.05, 0) is 36.4 Å². The van der Waals surface area contributed by atoms with Crippen molar-refractivity contribution in [1.82, 2.24) is 9.97 Å². The van der Waals surface area contributed by atoms with Crippen LogP contribution in [0.3, 0.4) is 0 Å². The molecule has 0 unspecified atom stereocenters. The van der Waals surface area contributed by atoms with Gasteiger partial charge in [0.2, 0.25) is 5.78 Å². The van der Waals surface area contributed by atoms with Crippen LogP contribution in [-0.2, 0) is 0 Å². The summed E-state index contributed by atoms with van der Waals surface area (Å²) in [7, 11) is 0. The summed E-state index contributed by atoms with van der Waals surface area (Å²) in [6.45, 7) is 0. The molecular weight excluding hydrogens is 200 g/mol. The summed E-state index contributed by atoms with van der Waals surface area (Å²) in [6.07, 6.45) is 6.44. The molecule has 78 valence electrons. The molecule has 2 heterocycles. The molecule has 0 spiro atoms. The average Bonchev–Trinajstić information content (AvgIpc) is 2.38. The highest BCUT2D eigenvalue weighted by molar-refractivity contribution is 6.05. The predicted molar refractivity (Wildman–Crippen MR) is 61.8 cm³/mol. The van der Waals surface area contributed by atoms with Crippen molar-refractivity contribution in [3.63, 3.8) is 0 Å². The lowest BCUT2D eigenvalue weighted by atomic mass is 10.2. The molecule has 0 saturated heterocycles. The average molecular weight is 210 g/mol. The molecule has 16 heavy (non-hydrogen) atoms. The molecule has 0 N–H and O–H groups in total. The van der Waals surface area contributed by atoms with Gasteiger partial charge in [0.1, 0.15) is 5.69 Å². The lowest BCUT2D eigenvalue weighted by Crippen LogP contribution is -1.96. The van der Waals surface area contributed by atoms with Gasteiger partial charge in [-0.3, -0.25) is 14.8 Å². The van der Waals surface area contributed by atoms with E-state index >= 15 is 0 Å². The van der Waals surface area contributed by atoms with Gasteiger partial charge < -0.3 is 0 Å². The van der Waals surface area contributed by atoms with Crippen molar-refractivity contribution in [2.45, 2.75) is 0 Å². The van der Waals surface area contributed by atoms with Gasteiger partial charge in [0.25, 0.3) is 0 Å². The van der Waals surface area contributed by atoms with E-state index in [9.17, 15) is 4.79 Å². The highest BCUT2D eigenvalue weighted by Gasteiger charge is 2.00. The van der Waals surface area contributed by atoms with Gasteiger partial charge in [0, 0.05) is 12.4 Å². The Balaban J connectivity index is 2.12. The molecule has 0 fully saturated rings. The highest BCUT2D eigenvalue weighted by Crippen LogP contribution is 2.00. The molecule has 0 amide bonds. The molecule has 0 aliphatic carbocycles. The van der Waals surface area contributed by atoms with Crippen molar-refractivity contribution < 1.29 is 4.79 Å². The summed E-state index contributed by atoms with van der Waals surface area (Å²) >= 11 is 0. The maximum Gasteiger partial charge on any atom is 0.204 e. The van der Waals surface area contributed by atoms with Crippen LogP contribution in [0.25, 0.3) is 6.08 Å². The van der Waals surface area contributed by atoms with Crippen molar-refractivity contribution >= 4 is 11.9 Å². The van der Waals surface area contributed by atoms with Gasteiger partial charge in [-0.15, -0.1) is 0 Å². The summed E-state index contributed by atoms with van der Waals surface area (Å²) in [5, 5.41) is 0. The number of allylic oxidation sites excluding steroid dienone is 1. The summed E-state index contributed by atoms with van der Waals surface area (Å²) in [5.74, 6) is -0.119. The fraction of sp³-hybridized carbons (Fsp3) is 0. The van der Waals surface area contributed by atoms with Crippen LogP contribution in [0.4, 0.5) is 0 Å². The van der Waals surface area contributed by atoms with E-state index in [0.29, 0.717) is 5.69 Å². The van der Waals surface area contributed by atoms with Gasteiger partial charge in [-0.25, -0.2) is 0 Å². The molecule has 0 saturated carbocycles. The van der Waals surface area contributed by atoms with Crippen molar-refractivity contribution in [1.29, 1.82) is 0 Å². The molecule has 0 aliphatic heterocycles. The van der Waals surface area contributed by atoms with E-state index in [1.807, 2.05) is 18.2 Å². The predicted octanol–water partition coefficient (Wildman–Crippen LogP) is 2.37. The Kier molecular flexibility index (Phi) is 3.18. The molecule has 0 atom stereocenters. The third kappa shape index (κ3) is 2.60. The molecule has 0 aliphatic rings. The van der Waals surface area contributed by atoms with Crippen LogP contribution < -0.4 is 0 Å². The Morgan fingerprint density at radius 3 is 2.38 bits per heavy atom. The summed E-state index contributed by atoms with van der Waals surface area (Å²) < 4.78 is 0. The standard InChI is InChI=1S/C13H10N2O/c16-13(12-6-2-4-10-15-12)8-7-11-5-1-3-9-14-11/h1-10H. The second-order valence-corrected chi connectivity index (χ2v) is 3.17. The molecule has 2 aromatic heterocycles. The number of hydrogen-bond donors (Lipinski definition) is 0. The zero-order valence-electron chi connectivity index (χ0n) is 8.58. The van der Waals surface area contributed by atoms with E-state index in [1.165, 1.54) is 6.08 Å². The maximum atomic E-state index is 11.6. The first-order valence-electron chi connectivity index (χ1n) is 4.91. The highest BCUT2D eigenvalue weighted by atomic mass is 16.1. The molecule has 3 heteroatoms. The SMILES string of the molecule is O=C(C=Cc1ccccn1)c1ccccn1. The van der Waals surface area contributed by atoms with Crippen LogP contribution in [0.5, 0.6) is 0 Å². The van der Waals surface area contributed by atoms with E-state index in [1.54, 1.807) is 36.7 Å². The van der Waals surface area contributed by atoms with Gasteiger partial charge in [0.05, 0.1) is 5.69 Å². The second-order valence-electron chi connectivity index (χ2n) is 3.17. The van der Waals surface area contributed by atoms with Gasteiger partial charge >= 0.3 is 0 Å². The third-order valence-electron chi connectivity index (χ3n) is 2.01. The van der Waals surface area contributed by atoms with Crippen LogP contribution in [0.15, 0.2) is 54.9 Å². The first kappa shape index (κ1) is 10.2. The van der Waals surface area contributed by atoms with Crippen molar-refractivity contribution in [2.75, 3.05) is 0 Å². The van der Waals surface area contributed by atoms with Crippen LogP contribution in [0.1, 0.15) is 16.2 Å². The van der Waals surface area contributed by atoms with E-state index in [4.69, 9.17) is 0 Å². The topological polar surface area (TPSA) is 42.9 Å². The van der Waals surface area contributed by atoms with Gasteiger partial charge in [-0.1, -0.05) is 12.1 Å². The van der Waals surface area contributed by atoms with Crippen molar-refractivity contribution in [2.24, 2.45) is 0 Å². The number of ketones is 1. The number of aromatic nitrogens is 2. The first-order valence-corrected chi connectivity index (χ1v) is 4.91. The Bertz CT molecular complexity index is 492. The van der Waals surface area contributed by atoms with Crippen molar-refractivity contribution in [3.8, 4) is 0 Å². The number of rotatable bonds is 3. The third-order valence-corrected chi connectivity index (χ3v) is 2.01. The summed E-state index contributed by atoms with van der Waals surface area (Å²) in [6, 6.07) is 10.8. The summed E-state index contributed by atoms with van der Waals surface area (Å²) in [4.78, 5) is 19.7. The van der Waals surface area contributed by atoms with E-state index in [0.717, 1.165) is 5.69 Å². The Labute approximate surface area is 93.5 Å². The number of carbonyl (C=O) groups excluding carboxylic acids is 1. The number of pyridine rings is 2. The van der Waals surface area contributed by atoms with Crippen molar-refractivity contribution in [3.05, 3.63) is 66.3 Å². The van der Waals surface area contributed by atoms with Crippen LogP contribution >= 0.6 is 0 Å². The van der Waals surface area contributed by atoms with Gasteiger partial charge in [0.15, 0.2) is 0 Å². The van der Waals surface area contributed by atoms with Crippen LogP contribution in [-0.4, -0.2) is 15.8 Å². The molecule has 2 rings (SSSR count). The molecule has 0 bridgehead atoms. The quantitative estimate of drug-likeness (QED) is 0.577. The van der Waals surface area contributed by atoms with Crippen LogP contribution in [0.2, 0.25) is 0 Å². The molecule has 2 aromatic rings. The fourth-order valence-corrected chi connectivity index (χ4v) is 1.23. The van der Waals surface area contributed by atoms with Gasteiger partial charge in [-0.2, -0.15) is 0 Å². The minimum absolute atomic E-state index is 0.119. The fourth-order valence-electron chi connectivity index (χ4n) is 1.23. The lowest BCUT2D eigenvalue weighted by Gasteiger charge is -1.93. The Morgan fingerprint density at radius 1 is 1.00 bits per heavy atom. The maximum absolute atomic E-state index is 11.6. The largest absolute Gasteiger partial charge is 0.288 e. The Morgan fingerprint density at radius 2 is 1.75 bits per heavy atom. The zero-order chi connectivity index (χ0) is 11.2. The minimum atomic E-state index is -0.119. The molecule has 0 radical (unpaired) electrons. The summed E-state index contributed by atoms with van der Waals surface area (Å²) in [5.41, 5.74) is 1.20.